The van der Waals surface area contributed by atoms with Gasteiger partial charge in [0.25, 0.3) is 0 Å². The minimum Gasteiger partial charge on any atom is -0.468 e. The van der Waals surface area contributed by atoms with E-state index in [4.69, 9.17) is 4.74 Å². The molecule has 0 aliphatic heterocycles. The SMILES string of the molecule is CNC1(C(=O)OC)CCC(N(C)CCC(C)C)C1. The predicted molar refractivity (Wildman–Crippen MR) is 73.5 cm³/mol. The summed E-state index contributed by atoms with van der Waals surface area (Å²) in [6.45, 7) is 5.59. The number of ether oxygens (including phenoxy) is 1. The minimum atomic E-state index is -0.467. The van der Waals surface area contributed by atoms with Crippen LogP contribution in [0.2, 0.25) is 0 Å². The number of methoxy groups -OCH3 is 1. The second-order valence-electron chi connectivity index (χ2n) is 5.88. The molecule has 1 rings (SSSR count). The van der Waals surface area contributed by atoms with Crippen LogP contribution in [-0.2, 0) is 9.53 Å². The predicted octanol–water partition coefficient (Wildman–Crippen LogP) is 1.65. The normalized spacial score (nSPS) is 28.1. The minimum absolute atomic E-state index is 0.121. The Bertz CT molecular complexity index is 281. The third-order valence-electron chi connectivity index (χ3n) is 4.23. The van der Waals surface area contributed by atoms with Gasteiger partial charge in [0, 0.05) is 6.04 Å². The molecule has 0 bridgehead atoms. The molecular formula is C14H28N2O2. The van der Waals surface area contributed by atoms with E-state index in [1.807, 2.05) is 7.05 Å². The molecule has 4 heteroatoms. The highest BCUT2D eigenvalue weighted by Gasteiger charge is 2.46. The van der Waals surface area contributed by atoms with Crippen molar-refractivity contribution in [3.8, 4) is 0 Å². The molecule has 0 aromatic carbocycles. The summed E-state index contributed by atoms with van der Waals surface area (Å²) in [6.07, 6.45) is 3.99. The summed E-state index contributed by atoms with van der Waals surface area (Å²) in [5.74, 6) is 0.605. The van der Waals surface area contributed by atoms with Crippen LogP contribution in [0.25, 0.3) is 0 Å². The van der Waals surface area contributed by atoms with E-state index in [9.17, 15) is 4.79 Å². The maximum absolute atomic E-state index is 11.9. The molecule has 0 heterocycles. The number of carbonyl (C=O) groups excluding carboxylic acids is 1. The van der Waals surface area contributed by atoms with E-state index in [0.29, 0.717) is 6.04 Å². The number of hydrogen-bond acceptors (Lipinski definition) is 4. The van der Waals surface area contributed by atoms with Crippen molar-refractivity contribution >= 4 is 5.97 Å². The summed E-state index contributed by atoms with van der Waals surface area (Å²) < 4.78 is 4.93. The summed E-state index contributed by atoms with van der Waals surface area (Å²) in [6, 6.07) is 0.482. The molecule has 1 aliphatic rings. The third kappa shape index (κ3) is 3.45. The van der Waals surface area contributed by atoms with Gasteiger partial charge in [-0.25, -0.2) is 0 Å². The average molecular weight is 256 g/mol. The van der Waals surface area contributed by atoms with Gasteiger partial charge in [0.1, 0.15) is 5.54 Å². The van der Waals surface area contributed by atoms with Gasteiger partial charge in [0.2, 0.25) is 0 Å². The Balaban J connectivity index is 2.55. The van der Waals surface area contributed by atoms with E-state index in [1.54, 1.807) is 0 Å². The summed E-state index contributed by atoms with van der Waals surface area (Å²) in [5, 5.41) is 3.18. The lowest BCUT2D eigenvalue weighted by Crippen LogP contribution is -2.50. The first-order valence-electron chi connectivity index (χ1n) is 6.92. The number of carbonyl (C=O) groups is 1. The number of esters is 1. The number of rotatable bonds is 6. The fourth-order valence-electron chi connectivity index (χ4n) is 2.75. The van der Waals surface area contributed by atoms with Gasteiger partial charge in [-0.2, -0.15) is 0 Å². The molecule has 4 nitrogen and oxygen atoms in total. The first kappa shape index (κ1) is 15.4. The van der Waals surface area contributed by atoms with Crippen LogP contribution in [0.5, 0.6) is 0 Å². The Kier molecular flexibility index (Phi) is 5.60. The summed E-state index contributed by atoms with van der Waals surface area (Å²) in [4.78, 5) is 14.3. The highest BCUT2D eigenvalue weighted by molar-refractivity contribution is 5.81. The molecule has 0 spiro atoms. The van der Waals surface area contributed by atoms with Gasteiger partial charge in [-0.1, -0.05) is 13.8 Å². The molecule has 2 atom stereocenters. The summed E-state index contributed by atoms with van der Waals surface area (Å²) in [7, 11) is 5.49. The second kappa shape index (κ2) is 6.53. The number of nitrogens with one attached hydrogen (secondary N) is 1. The Morgan fingerprint density at radius 3 is 2.72 bits per heavy atom. The van der Waals surface area contributed by atoms with Gasteiger partial charge in [-0.3, -0.25) is 4.79 Å². The van der Waals surface area contributed by atoms with E-state index in [0.717, 1.165) is 31.7 Å². The zero-order valence-electron chi connectivity index (χ0n) is 12.5. The molecule has 1 N–H and O–H groups in total. The lowest BCUT2D eigenvalue weighted by atomic mass is 9.97. The van der Waals surface area contributed by atoms with Gasteiger partial charge < -0.3 is 15.0 Å². The van der Waals surface area contributed by atoms with Gasteiger partial charge >= 0.3 is 5.97 Å². The van der Waals surface area contributed by atoms with Crippen molar-refractivity contribution in [2.75, 3.05) is 27.7 Å². The van der Waals surface area contributed by atoms with E-state index in [-0.39, 0.29) is 5.97 Å². The maximum Gasteiger partial charge on any atom is 0.326 e. The fourth-order valence-corrected chi connectivity index (χ4v) is 2.75. The number of hydrogen-bond donors (Lipinski definition) is 1. The molecule has 106 valence electrons. The topological polar surface area (TPSA) is 41.6 Å². The van der Waals surface area contributed by atoms with Crippen LogP contribution in [0, 0.1) is 5.92 Å². The van der Waals surface area contributed by atoms with E-state index in [2.05, 4.69) is 31.1 Å². The zero-order valence-corrected chi connectivity index (χ0v) is 12.5. The lowest BCUT2D eigenvalue weighted by molar-refractivity contribution is -0.148. The molecule has 1 fully saturated rings. The molecule has 0 saturated heterocycles. The van der Waals surface area contributed by atoms with E-state index in [1.165, 1.54) is 13.5 Å². The molecule has 0 aromatic heterocycles. The first-order valence-corrected chi connectivity index (χ1v) is 6.92. The molecule has 0 aromatic rings. The fraction of sp³-hybridized carbons (Fsp3) is 0.929. The smallest absolute Gasteiger partial charge is 0.326 e. The molecule has 0 radical (unpaired) electrons. The van der Waals surface area contributed by atoms with Gasteiger partial charge in [0.15, 0.2) is 0 Å². The van der Waals surface area contributed by atoms with E-state index < -0.39 is 5.54 Å². The first-order chi connectivity index (χ1) is 8.45. The van der Waals surface area contributed by atoms with Crippen LogP contribution >= 0.6 is 0 Å². The summed E-state index contributed by atoms with van der Waals surface area (Å²) >= 11 is 0. The Morgan fingerprint density at radius 2 is 2.22 bits per heavy atom. The van der Waals surface area contributed by atoms with Crippen LogP contribution in [0.3, 0.4) is 0 Å². The quantitative estimate of drug-likeness (QED) is 0.734. The highest BCUT2D eigenvalue weighted by atomic mass is 16.5. The van der Waals surface area contributed by atoms with Crippen molar-refractivity contribution < 1.29 is 9.53 Å². The van der Waals surface area contributed by atoms with Crippen molar-refractivity contribution in [1.82, 2.24) is 10.2 Å². The molecule has 1 saturated carbocycles. The van der Waals surface area contributed by atoms with Crippen LogP contribution in [0.4, 0.5) is 0 Å². The highest BCUT2D eigenvalue weighted by Crippen LogP contribution is 2.33. The van der Waals surface area contributed by atoms with Crippen LogP contribution in [0.1, 0.15) is 39.5 Å². The van der Waals surface area contributed by atoms with Crippen LogP contribution in [0.15, 0.2) is 0 Å². The van der Waals surface area contributed by atoms with E-state index >= 15 is 0 Å². The van der Waals surface area contributed by atoms with Gasteiger partial charge in [0.05, 0.1) is 7.11 Å². The Morgan fingerprint density at radius 1 is 1.56 bits per heavy atom. The van der Waals surface area contributed by atoms with Crippen LogP contribution in [-0.4, -0.2) is 50.2 Å². The van der Waals surface area contributed by atoms with Crippen molar-refractivity contribution in [1.29, 1.82) is 0 Å². The largest absolute Gasteiger partial charge is 0.468 e. The average Bonchev–Trinajstić information content (AvgIpc) is 2.80. The van der Waals surface area contributed by atoms with Gasteiger partial charge in [-0.05, 0) is 52.2 Å². The monoisotopic (exact) mass is 256 g/mol. The van der Waals surface area contributed by atoms with Crippen molar-refractivity contribution in [3.05, 3.63) is 0 Å². The summed E-state index contributed by atoms with van der Waals surface area (Å²) in [5.41, 5.74) is -0.467. The maximum atomic E-state index is 11.9. The van der Waals surface area contributed by atoms with Crippen molar-refractivity contribution in [3.63, 3.8) is 0 Å². The van der Waals surface area contributed by atoms with Crippen molar-refractivity contribution in [2.24, 2.45) is 5.92 Å². The molecule has 2 unspecified atom stereocenters. The second-order valence-corrected chi connectivity index (χ2v) is 5.88. The Labute approximate surface area is 111 Å². The standard InChI is InChI=1S/C14H28N2O2/c1-11(2)7-9-16(4)12-6-8-14(10-12,15-3)13(17)18-5/h11-12,15H,6-10H2,1-5H3. The zero-order chi connectivity index (χ0) is 13.8. The molecule has 18 heavy (non-hydrogen) atoms. The van der Waals surface area contributed by atoms with Crippen molar-refractivity contribution in [2.45, 2.75) is 51.1 Å². The lowest BCUT2D eigenvalue weighted by Gasteiger charge is -2.29. The Hall–Kier alpha value is -0.610. The van der Waals surface area contributed by atoms with Gasteiger partial charge in [-0.15, -0.1) is 0 Å². The molecule has 1 aliphatic carbocycles. The van der Waals surface area contributed by atoms with Crippen LogP contribution < -0.4 is 5.32 Å². The third-order valence-corrected chi connectivity index (χ3v) is 4.23. The molecular weight excluding hydrogens is 228 g/mol. The number of likely N-dealkylation sites (N-methyl/N-ethyl adjacent to an activating group) is 1. The molecule has 0 amide bonds. The number of nitrogens with zero attached hydrogens (tertiary/aromatic N) is 1.